The van der Waals surface area contributed by atoms with Gasteiger partial charge in [0.15, 0.2) is 11.1 Å². The van der Waals surface area contributed by atoms with Crippen molar-refractivity contribution < 1.29 is 41.4 Å². The Hall–Kier alpha value is -4.43. The van der Waals surface area contributed by atoms with Crippen molar-refractivity contribution in [3.05, 3.63) is 59.5 Å². The fourth-order valence-electron chi connectivity index (χ4n) is 6.18. The van der Waals surface area contributed by atoms with Crippen LogP contribution in [-0.2, 0) is 32.1 Å². The zero-order valence-corrected chi connectivity index (χ0v) is 25.7. The molecule has 15 heteroatoms. The van der Waals surface area contributed by atoms with Gasteiger partial charge < -0.3 is 25.0 Å². The van der Waals surface area contributed by atoms with Crippen LogP contribution in [0.2, 0.25) is 0 Å². The summed E-state index contributed by atoms with van der Waals surface area (Å²) in [6.07, 6.45) is -1.26. The van der Waals surface area contributed by atoms with Crippen molar-refractivity contribution in [3.63, 3.8) is 0 Å². The number of hydrogen-bond donors (Lipinski definition) is 2. The average Bonchev–Trinajstić information content (AvgIpc) is 3.43. The molecule has 46 heavy (non-hydrogen) atoms. The van der Waals surface area contributed by atoms with Gasteiger partial charge in [-0.3, -0.25) is 9.59 Å². The van der Waals surface area contributed by atoms with E-state index in [-0.39, 0.29) is 38.0 Å². The molecule has 1 saturated heterocycles. The highest BCUT2D eigenvalue weighted by atomic mass is 19.3. The quantitative estimate of drug-likeness (QED) is 0.198. The molecule has 0 bridgehead atoms. The number of alkyl halides is 4. The normalized spacial score (nSPS) is 21.7. The Morgan fingerprint density at radius 2 is 1.83 bits per heavy atom. The number of piperidine rings is 1. The van der Waals surface area contributed by atoms with Crippen molar-refractivity contribution >= 4 is 29.3 Å². The number of amides is 2. The number of alkyl carbamates (subject to hydrolysis) is 1. The van der Waals surface area contributed by atoms with Gasteiger partial charge in [0, 0.05) is 45.8 Å². The van der Waals surface area contributed by atoms with Crippen LogP contribution in [0.15, 0.2) is 42.6 Å². The van der Waals surface area contributed by atoms with Gasteiger partial charge in [0.2, 0.25) is 11.8 Å². The van der Waals surface area contributed by atoms with Gasteiger partial charge in [0.1, 0.15) is 6.61 Å². The van der Waals surface area contributed by atoms with E-state index in [0.717, 1.165) is 12.7 Å². The maximum atomic E-state index is 14.6. The van der Waals surface area contributed by atoms with Crippen LogP contribution in [0.1, 0.15) is 55.1 Å². The number of nitrogens with one attached hydrogen (secondary N) is 2. The van der Waals surface area contributed by atoms with Crippen molar-refractivity contribution in [3.8, 4) is 0 Å². The lowest BCUT2D eigenvalue weighted by atomic mass is 9.74. The second kappa shape index (κ2) is 12.8. The van der Waals surface area contributed by atoms with Gasteiger partial charge in [-0.25, -0.2) is 31.9 Å². The number of anilines is 1. The number of hydrogen-bond acceptors (Lipinski definition) is 8. The molecule has 2 aromatic heterocycles. The molecule has 248 valence electrons. The summed E-state index contributed by atoms with van der Waals surface area (Å²) in [7, 11) is 4.38. The highest BCUT2D eigenvalue weighted by Gasteiger charge is 2.57. The number of aromatic nitrogens is 3. The Balaban J connectivity index is 1.49. The van der Waals surface area contributed by atoms with E-state index in [2.05, 4.69) is 20.7 Å². The molecule has 0 radical (unpaired) electrons. The van der Waals surface area contributed by atoms with Crippen LogP contribution in [0.3, 0.4) is 0 Å². The van der Waals surface area contributed by atoms with Crippen molar-refractivity contribution in [2.45, 2.75) is 63.0 Å². The zero-order chi connectivity index (χ0) is 33.3. The number of benzene rings is 1. The van der Waals surface area contributed by atoms with E-state index in [4.69, 9.17) is 9.47 Å². The third kappa shape index (κ3) is 7.02. The molecule has 2 fully saturated rings. The summed E-state index contributed by atoms with van der Waals surface area (Å²) in [5, 5.41) is 9.51. The first-order valence-corrected chi connectivity index (χ1v) is 14.9. The lowest BCUT2D eigenvalue weighted by molar-refractivity contribution is -0.172. The molecule has 2 aliphatic rings. The van der Waals surface area contributed by atoms with E-state index >= 15 is 0 Å². The second-order valence-corrected chi connectivity index (χ2v) is 12.2. The maximum Gasteiger partial charge on any atom is 0.408 e. The Kier molecular flexibility index (Phi) is 9.14. The maximum absolute atomic E-state index is 14.6. The Labute approximate surface area is 262 Å². The fourth-order valence-corrected chi connectivity index (χ4v) is 6.18. The molecule has 0 spiro atoms. The lowest BCUT2D eigenvalue weighted by Crippen LogP contribution is -2.59. The molecule has 1 aliphatic heterocycles. The average molecular weight is 649 g/mol. The first-order chi connectivity index (χ1) is 21.7. The minimum atomic E-state index is -3.36. The van der Waals surface area contributed by atoms with Gasteiger partial charge >= 0.3 is 12.1 Å². The van der Waals surface area contributed by atoms with E-state index in [0.29, 0.717) is 17.0 Å². The number of imidazole rings is 1. The monoisotopic (exact) mass is 648 g/mol. The molecule has 1 aliphatic carbocycles. The molecule has 3 heterocycles. The SMILES string of the molecule is COC(=O)C1(Cc2nn3cc(C(NC(=O)OCc4ccccc4)C4CCC(F)(F)CC4)nc3cc2N(C)C)CC(F)(F)CNC1=O. The van der Waals surface area contributed by atoms with Crippen LogP contribution >= 0.6 is 0 Å². The van der Waals surface area contributed by atoms with Crippen LogP contribution in [0.5, 0.6) is 0 Å². The number of halogens is 4. The van der Waals surface area contributed by atoms with Gasteiger partial charge in [-0.2, -0.15) is 5.10 Å². The summed E-state index contributed by atoms with van der Waals surface area (Å²) in [5.74, 6) is -8.57. The molecular weight excluding hydrogens is 612 g/mol. The van der Waals surface area contributed by atoms with Crippen molar-refractivity contribution in [2.24, 2.45) is 11.3 Å². The van der Waals surface area contributed by atoms with Crippen molar-refractivity contribution in [1.29, 1.82) is 0 Å². The van der Waals surface area contributed by atoms with Crippen molar-refractivity contribution in [2.75, 3.05) is 32.6 Å². The summed E-state index contributed by atoms with van der Waals surface area (Å²) >= 11 is 0. The third-order valence-electron chi connectivity index (χ3n) is 8.59. The minimum absolute atomic E-state index is 0.00102. The molecule has 5 rings (SSSR count). The molecule has 1 saturated carbocycles. The van der Waals surface area contributed by atoms with Gasteiger partial charge in [-0.1, -0.05) is 30.3 Å². The smallest absolute Gasteiger partial charge is 0.408 e. The number of methoxy groups -OCH3 is 1. The Morgan fingerprint density at radius 3 is 2.48 bits per heavy atom. The van der Waals surface area contributed by atoms with E-state index < -0.39 is 66.6 Å². The number of carbonyl (C=O) groups is 3. The van der Waals surface area contributed by atoms with Gasteiger partial charge in [-0.05, 0) is 24.3 Å². The molecule has 1 aromatic carbocycles. The van der Waals surface area contributed by atoms with E-state index in [9.17, 15) is 31.9 Å². The van der Waals surface area contributed by atoms with E-state index in [1.165, 1.54) is 10.7 Å². The van der Waals surface area contributed by atoms with Crippen LogP contribution in [0, 0.1) is 11.3 Å². The number of carbonyl (C=O) groups excluding carboxylic acids is 3. The molecule has 3 aromatic rings. The third-order valence-corrected chi connectivity index (χ3v) is 8.59. The zero-order valence-electron chi connectivity index (χ0n) is 25.7. The van der Waals surface area contributed by atoms with E-state index in [1.807, 2.05) is 6.07 Å². The highest BCUT2D eigenvalue weighted by Crippen LogP contribution is 2.43. The highest BCUT2D eigenvalue weighted by molar-refractivity contribution is 6.03. The number of nitrogens with zero attached hydrogens (tertiary/aromatic N) is 4. The predicted octanol–water partition coefficient (Wildman–Crippen LogP) is 4.45. The van der Waals surface area contributed by atoms with Gasteiger partial charge in [0.05, 0.1) is 43.0 Å². The lowest BCUT2D eigenvalue weighted by Gasteiger charge is -2.37. The first kappa shape index (κ1) is 32.9. The predicted molar refractivity (Wildman–Crippen MR) is 157 cm³/mol. The number of fused-ring (bicyclic) bond motifs is 1. The van der Waals surface area contributed by atoms with Crippen molar-refractivity contribution in [1.82, 2.24) is 25.2 Å². The van der Waals surface area contributed by atoms with Gasteiger partial charge in [0.25, 0.3) is 5.92 Å². The summed E-state index contributed by atoms with van der Waals surface area (Å²) < 4.78 is 68.9. The molecule has 2 unspecified atom stereocenters. The molecule has 11 nitrogen and oxygen atoms in total. The second-order valence-electron chi connectivity index (χ2n) is 12.2. The van der Waals surface area contributed by atoms with E-state index in [1.54, 1.807) is 49.3 Å². The summed E-state index contributed by atoms with van der Waals surface area (Å²) in [6.45, 7) is -0.906. The van der Waals surface area contributed by atoms with Crippen LogP contribution in [0.4, 0.5) is 28.0 Å². The minimum Gasteiger partial charge on any atom is -0.468 e. The Bertz CT molecular complexity index is 1580. The van der Waals surface area contributed by atoms with Gasteiger partial charge in [-0.15, -0.1) is 0 Å². The summed E-state index contributed by atoms with van der Waals surface area (Å²) in [4.78, 5) is 45.1. The summed E-state index contributed by atoms with van der Waals surface area (Å²) in [5.41, 5.74) is -0.307. The molecule has 2 amide bonds. The van der Waals surface area contributed by atoms with Crippen LogP contribution < -0.4 is 15.5 Å². The largest absolute Gasteiger partial charge is 0.468 e. The number of esters is 1. The van der Waals surface area contributed by atoms with Crippen LogP contribution in [-0.4, -0.2) is 72.2 Å². The van der Waals surface area contributed by atoms with Crippen LogP contribution in [0.25, 0.3) is 5.65 Å². The standard InChI is InChI=1S/C31H36F4N6O5/c1-40(2)23-13-24-37-22(15-41(24)39-21(23)14-29(27(43)45-3)17-31(34,35)18-36-26(29)42)25(20-9-11-30(32,33)12-10-20)38-28(44)46-16-19-7-5-4-6-8-19/h4-8,13,15,20,25H,9-12,14,16-18H2,1-3H3,(H,36,42)(H,38,44). The first-order valence-electron chi connectivity index (χ1n) is 14.9. The number of rotatable bonds is 9. The Morgan fingerprint density at radius 1 is 1.13 bits per heavy atom. The molecule has 2 atom stereocenters. The fraction of sp³-hybridized carbons (Fsp3) is 0.516. The topological polar surface area (TPSA) is 127 Å². The number of ether oxygens (including phenoxy) is 2. The molecular formula is C31H36F4N6O5. The summed E-state index contributed by atoms with van der Waals surface area (Å²) in [6, 6.07) is 9.83. The molecule has 2 N–H and O–H groups in total.